The van der Waals surface area contributed by atoms with E-state index in [4.69, 9.17) is 5.11 Å². The van der Waals surface area contributed by atoms with Crippen LogP contribution in [-0.4, -0.2) is 51.8 Å². The van der Waals surface area contributed by atoms with Crippen molar-refractivity contribution in [1.82, 2.24) is 10.2 Å². The van der Waals surface area contributed by atoms with Crippen LogP contribution in [0.2, 0.25) is 0 Å². The fourth-order valence-corrected chi connectivity index (χ4v) is 1.87. The average Bonchev–Trinajstić information content (AvgIpc) is 2.60. The molecule has 6 nitrogen and oxygen atoms in total. The van der Waals surface area contributed by atoms with Crippen molar-refractivity contribution < 1.29 is 19.8 Å². The van der Waals surface area contributed by atoms with Gasteiger partial charge in [-0.15, -0.1) is 6.58 Å². The van der Waals surface area contributed by atoms with Crippen LogP contribution in [0.4, 0.5) is 4.79 Å². The molecule has 96 valence electrons. The molecule has 1 aliphatic heterocycles. The summed E-state index contributed by atoms with van der Waals surface area (Å²) >= 11 is 0. The van der Waals surface area contributed by atoms with Crippen LogP contribution in [0.15, 0.2) is 12.7 Å². The number of carboxylic acids is 1. The maximum atomic E-state index is 11.8. The Hall–Kier alpha value is -1.56. The second-order valence-corrected chi connectivity index (χ2v) is 4.27. The molecule has 1 unspecified atom stereocenters. The van der Waals surface area contributed by atoms with Crippen LogP contribution in [0, 0.1) is 0 Å². The topological polar surface area (TPSA) is 89.9 Å². The van der Waals surface area contributed by atoms with Gasteiger partial charge in [0.25, 0.3) is 0 Å². The number of hydrogen-bond donors (Lipinski definition) is 3. The molecule has 1 aliphatic rings. The van der Waals surface area contributed by atoms with Crippen molar-refractivity contribution in [2.24, 2.45) is 0 Å². The molecule has 0 spiro atoms. The fourth-order valence-electron chi connectivity index (χ4n) is 1.87. The minimum atomic E-state index is -1.09. The van der Waals surface area contributed by atoms with E-state index in [0.717, 1.165) is 4.90 Å². The number of aliphatic carboxylic acids is 1. The monoisotopic (exact) mass is 242 g/mol. The van der Waals surface area contributed by atoms with Gasteiger partial charge in [-0.05, 0) is 13.3 Å². The number of carboxylic acid groups (broad SMARTS) is 1. The average molecular weight is 242 g/mol. The third-order valence-electron chi connectivity index (χ3n) is 2.72. The van der Waals surface area contributed by atoms with E-state index < -0.39 is 24.1 Å². The molecule has 0 bridgehead atoms. The van der Waals surface area contributed by atoms with Crippen LogP contribution in [0.1, 0.15) is 19.8 Å². The quantitative estimate of drug-likeness (QED) is 0.613. The van der Waals surface area contributed by atoms with E-state index in [1.807, 2.05) is 6.92 Å². The molecule has 2 amide bonds. The number of rotatable bonds is 4. The fraction of sp³-hybridized carbons (Fsp3) is 0.636. The largest absolute Gasteiger partial charge is 0.480 e. The summed E-state index contributed by atoms with van der Waals surface area (Å²) in [5, 5.41) is 21.0. The third-order valence-corrected chi connectivity index (χ3v) is 2.72. The lowest BCUT2D eigenvalue weighted by Gasteiger charge is -2.23. The number of urea groups is 1. The van der Waals surface area contributed by atoms with Crippen LogP contribution in [0.3, 0.4) is 0 Å². The molecular formula is C11H18N2O4. The number of likely N-dealkylation sites (tertiary alicyclic amines) is 1. The zero-order valence-corrected chi connectivity index (χ0v) is 9.80. The molecule has 3 N–H and O–H groups in total. The minimum absolute atomic E-state index is 0.0591. The molecule has 0 aliphatic carbocycles. The highest BCUT2D eigenvalue weighted by atomic mass is 16.4. The van der Waals surface area contributed by atoms with Crippen molar-refractivity contribution in [3.05, 3.63) is 12.7 Å². The van der Waals surface area contributed by atoms with Crippen molar-refractivity contribution in [1.29, 1.82) is 0 Å². The first kappa shape index (κ1) is 13.5. The zero-order chi connectivity index (χ0) is 13.0. The van der Waals surface area contributed by atoms with E-state index in [-0.39, 0.29) is 19.0 Å². The Morgan fingerprint density at radius 3 is 2.82 bits per heavy atom. The Bertz CT molecular complexity index is 319. The summed E-state index contributed by atoms with van der Waals surface area (Å²) in [6, 6.07) is -1.50. The molecule has 0 saturated carbocycles. The normalized spacial score (nSPS) is 25.4. The number of carbonyl (C=O) groups is 2. The number of carbonyl (C=O) groups excluding carboxylic acids is 1. The molecule has 6 heteroatoms. The first-order valence-corrected chi connectivity index (χ1v) is 5.54. The Labute approximate surface area is 99.9 Å². The number of aliphatic hydroxyl groups is 1. The molecule has 0 radical (unpaired) electrons. The summed E-state index contributed by atoms with van der Waals surface area (Å²) in [4.78, 5) is 23.9. The summed E-state index contributed by atoms with van der Waals surface area (Å²) in [5.41, 5.74) is 0. The molecule has 1 saturated heterocycles. The van der Waals surface area contributed by atoms with E-state index in [2.05, 4.69) is 11.9 Å². The molecule has 0 aromatic rings. The van der Waals surface area contributed by atoms with E-state index in [1.165, 1.54) is 0 Å². The van der Waals surface area contributed by atoms with E-state index in [1.54, 1.807) is 6.08 Å². The first-order chi connectivity index (χ1) is 7.95. The number of nitrogens with one attached hydrogen (secondary N) is 1. The van der Waals surface area contributed by atoms with Gasteiger partial charge in [0.2, 0.25) is 0 Å². The molecule has 1 rings (SSSR count). The van der Waals surface area contributed by atoms with Crippen molar-refractivity contribution in [3.8, 4) is 0 Å². The van der Waals surface area contributed by atoms with Gasteiger partial charge in [-0.2, -0.15) is 0 Å². The van der Waals surface area contributed by atoms with Gasteiger partial charge in [0.1, 0.15) is 6.04 Å². The summed E-state index contributed by atoms with van der Waals surface area (Å²) in [6.45, 7) is 5.43. The lowest BCUT2D eigenvalue weighted by molar-refractivity contribution is -0.141. The van der Waals surface area contributed by atoms with Gasteiger partial charge in [0.15, 0.2) is 0 Å². The second-order valence-electron chi connectivity index (χ2n) is 4.27. The van der Waals surface area contributed by atoms with Crippen LogP contribution < -0.4 is 5.32 Å². The molecule has 1 fully saturated rings. The van der Waals surface area contributed by atoms with Crippen molar-refractivity contribution in [2.75, 3.05) is 6.54 Å². The van der Waals surface area contributed by atoms with Crippen molar-refractivity contribution in [2.45, 2.75) is 38.0 Å². The van der Waals surface area contributed by atoms with Crippen LogP contribution >= 0.6 is 0 Å². The second kappa shape index (κ2) is 5.67. The summed E-state index contributed by atoms with van der Waals surface area (Å²) < 4.78 is 0. The standard InChI is InChI=1S/C11H18N2O4/c1-3-4-7(2)12-11(17)13-6-8(14)5-9(13)10(15)16/h3,7-9,14H,1,4-6H2,2H3,(H,12,17)(H,15,16)/t7?,8-,9+/m1/s1. The zero-order valence-electron chi connectivity index (χ0n) is 9.80. The number of amides is 2. The predicted molar refractivity (Wildman–Crippen MR) is 61.6 cm³/mol. The van der Waals surface area contributed by atoms with Gasteiger partial charge in [-0.3, -0.25) is 0 Å². The summed E-state index contributed by atoms with van der Waals surface area (Å²) in [7, 11) is 0. The Kier molecular flexibility index (Phi) is 4.51. The molecule has 0 aromatic heterocycles. The molecule has 0 aromatic carbocycles. The van der Waals surface area contributed by atoms with Crippen LogP contribution in [0.25, 0.3) is 0 Å². The first-order valence-electron chi connectivity index (χ1n) is 5.54. The van der Waals surface area contributed by atoms with E-state index in [9.17, 15) is 14.7 Å². The number of nitrogens with zero attached hydrogens (tertiary/aromatic N) is 1. The molecule has 1 heterocycles. The van der Waals surface area contributed by atoms with E-state index >= 15 is 0 Å². The van der Waals surface area contributed by atoms with Gasteiger partial charge in [0.05, 0.1) is 6.10 Å². The van der Waals surface area contributed by atoms with Gasteiger partial charge < -0.3 is 20.4 Å². The van der Waals surface area contributed by atoms with Gasteiger partial charge in [0, 0.05) is 19.0 Å². The molecule has 17 heavy (non-hydrogen) atoms. The highest BCUT2D eigenvalue weighted by Crippen LogP contribution is 2.18. The van der Waals surface area contributed by atoms with Crippen LogP contribution in [0.5, 0.6) is 0 Å². The molecular weight excluding hydrogens is 224 g/mol. The Morgan fingerprint density at radius 1 is 1.65 bits per heavy atom. The minimum Gasteiger partial charge on any atom is -0.480 e. The number of hydrogen-bond acceptors (Lipinski definition) is 3. The smallest absolute Gasteiger partial charge is 0.326 e. The highest BCUT2D eigenvalue weighted by molar-refractivity contribution is 5.83. The Morgan fingerprint density at radius 2 is 2.29 bits per heavy atom. The maximum Gasteiger partial charge on any atom is 0.326 e. The van der Waals surface area contributed by atoms with Crippen molar-refractivity contribution >= 4 is 12.0 Å². The highest BCUT2D eigenvalue weighted by Gasteiger charge is 2.39. The van der Waals surface area contributed by atoms with E-state index in [0.29, 0.717) is 6.42 Å². The third kappa shape index (κ3) is 3.45. The van der Waals surface area contributed by atoms with Gasteiger partial charge >= 0.3 is 12.0 Å². The number of aliphatic hydroxyl groups excluding tert-OH is 1. The molecule has 3 atom stereocenters. The summed E-state index contributed by atoms with van der Waals surface area (Å²) in [6.07, 6.45) is 1.60. The maximum absolute atomic E-state index is 11.8. The SMILES string of the molecule is C=CCC(C)NC(=O)N1C[C@H](O)C[C@H]1C(=O)O. The van der Waals surface area contributed by atoms with Crippen molar-refractivity contribution in [3.63, 3.8) is 0 Å². The Balaban J connectivity index is 2.61. The lowest BCUT2D eigenvalue weighted by Crippen LogP contribution is -2.48. The predicted octanol–water partition coefficient (Wildman–Crippen LogP) is 0.180. The number of β-amino-alcohol motifs (C(OH)–C–C–N with tert-alkyl or cyclic N) is 1. The summed E-state index contributed by atoms with van der Waals surface area (Å²) in [5.74, 6) is -1.09. The van der Waals surface area contributed by atoms with Crippen LogP contribution in [-0.2, 0) is 4.79 Å². The van der Waals surface area contributed by atoms with Gasteiger partial charge in [-0.25, -0.2) is 9.59 Å². The van der Waals surface area contributed by atoms with Gasteiger partial charge in [-0.1, -0.05) is 6.08 Å². The lowest BCUT2D eigenvalue weighted by atomic mass is 10.2.